The molecule has 19 heavy (non-hydrogen) atoms. The van der Waals surface area contributed by atoms with E-state index in [9.17, 15) is 0 Å². The van der Waals surface area contributed by atoms with Crippen LogP contribution in [0.5, 0.6) is 0 Å². The molecule has 1 saturated heterocycles. The zero-order valence-corrected chi connectivity index (χ0v) is 12.0. The van der Waals surface area contributed by atoms with Crippen LogP contribution in [0.15, 0.2) is 41.3 Å². The fourth-order valence-electron chi connectivity index (χ4n) is 2.60. The number of nitrogens with zero attached hydrogens (tertiary/aromatic N) is 3. The largest absolute Gasteiger partial charge is 0.397 e. The molecular formula is C14H15BrN4. The molecule has 0 aliphatic carbocycles. The summed E-state index contributed by atoms with van der Waals surface area (Å²) >= 11 is 3.56. The lowest BCUT2D eigenvalue weighted by Crippen LogP contribution is -2.24. The predicted molar refractivity (Wildman–Crippen MR) is 79.9 cm³/mol. The zero-order chi connectivity index (χ0) is 13.2. The van der Waals surface area contributed by atoms with Gasteiger partial charge in [-0.3, -0.25) is 4.98 Å². The van der Waals surface area contributed by atoms with Crippen LogP contribution in [0.3, 0.4) is 0 Å². The van der Waals surface area contributed by atoms with Gasteiger partial charge >= 0.3 is 0 Å². The SMILES string of the molecule is Nc1cnc(N2CCCC2c2cccnc2)c(Br)c1. The fourth-order valence-corrected chi connectivity index (χ4v) is 3.19. The van der Waals surface area contributed by atoms with Gasteiger partial charge in [0.1, 0.15) is 5.82 Å². The number of rotatable bonds is 2. The summed E-state index contributed by atoms with van der Waals surface area (Å²) < 4.78 is 0.947. The van der Waals surface area contributed by atoms with E-state index < -0.39 is 0 Å². The number of hydrogen-bond donors (Lipinski definition) is 1. The first kappa shape index (κ1) is 12.4. The molecule has 3 heterocycles. The highest BCUT2D eigenvalue weighted by atomic mass is 79.9. The fraction of sp³-hybridized carbons (Fsp3) is 0.286. The van der Waals surface area contributed by atoms with Gasteiger partial charge in [-0.25, -0.2) is 4.98 Å². The Morgan fingerprint density at radius 2 is 2.26 bits per heavy atom. The summed E-state index contributed by atoms with van der Waals surface area (Å²) in [6.45, 7) is 1.01. The Morgan fingerprint density at radius 3 is 3.00 bits per heavy atom. The average molecular weight is 319 g/mol. The number of halogens is 1. The van der Waals surface area contributed by atoms with Gasteiger partial charge in [-0.1, -0.05) is 6.07 Å². The Morgan fingerprint density at radius 1 is 1.37 bits per heavy atom. The summed E-state index contributed by atoms with van der Waals surface area (Å²) in [7, 11) is 0. The van der Waals surface area contributed by atoms with Gasteiger partial charge in [0, 0.05) is 18.9 Å². The summed E-state index contributed by atoms with van der Waals surface area (Å²) in [5, 5.41) is 0. The Hall–Kier alpha value is -1.62. The Balaban J connectivity index is 1.95. The van der Waals surface area contributed by atoms with Crippen molar-refractivity contribution in [2.45, 2.75) is 18.9 Å². The first-order valence-corrected chi connectivity index (χ1v) is 7.12. The number of hydrogen-bond acceptors (Lipinski definition) is 4. The van der Waals surface area contributed by atoms with E-state index in [0.717, 1.165) is 29.7 Å². The van der Waals surface area contributed by atoms with Crippen molar-refractivity contribution in [2.24, 2.45) is 0 Å². The molecule has 1 fully saturated rings. The molecule has 2 aromatic heterocycles. The number of nitrogen functional groups attached to an aromatic ring is 1. The van der Waals surface area contributed by atoms with Gasteiger partial charge in [0.05, 0.1) is 22.4 Å². The lowest BCUT2D eigenvalue weighted by molar-refractivity contribution is 0.707. The molecule has 98 valence electrons. The highest BCUT2D eigenvalue weighted by molar-refractivity contribution is 9.10. The quantitative estimate of drug-likeness (QED) is 0.924. The molecule has 0 aromatic carbocycles. The van der Waals surface area contributed by atoms with Crippen LogP contribution < -0.4 is 10.6 Å². The number of nitrogens with two attached hydrogens (primary N) is 1. The smallest absolute Gasteiger partial charge is 0.143 e. The second-order valence-electron chi connectivity index (χ2n) is 4.71. The van der Waals surface area contributed by atoms with Crippen LogP contribution in [0.2, 0.25) is 0 Å². The van der Waals surface area contributed by atoms with Crippen molar-refractivity contribution < 1.29 is 0 Å². The summed E-state index contributed by atoms with van der Waals surface area (Å²) in [4.78, 5) is 11.0. The van der Waals surface area contributed by atoms with Crippen molar-refractivity contribution in [1.82, 2.24) is 9.97 Å². The van der Waals surface area contributed by atoms with E-state index >= 15 is 0 Å². The molecule has 1 atom stereocenters. The molecule has 1 aliphatic rings. The molecule has 0 saturated carbocycles. The van der Waals surface area contributed by atoms with Crippen LogP contribution in [-0.2, 0) is 0 Å². The van der Waals surface area contributed by atoms with Crippen molar-refractivity contribution in [3.8, 4) is 0 Å². The number of aromatic nitrogens is 2. The van der Waals surface area contributed by atoms with Crippen molar-refractivity contribution in [3.63, 3.8) is 0 Å². The van der Waals surface area contributed by atoms with Crippen molar-refractivity contribution in [3.05, 3.63) is 46.8 Å². The van der Waals surface area contributed by atoms with Gasteiger partial charge in [0.15, 0.2) is 0 Å². The minimum absolute atomic E-state index is 0.348. The minimum Gasteiger partial charge on any atom is -0.397 e. The third-order valence-corrected chi connectivity index (χ3v) is 4.02. The number of anilines is 2. The molecule has 5 heteroatoms. The Kier molecular flexibility index (Phi) is 3.38. The maximum Gasteiger partial charge on any atom is 0.143 e. The standard InChI is InChI=1S/C14H15BrN4/c15-12-7-11(16)9-18-14(12)19-6-2-4-13(19)10-3-1-5-17-8-10/h1,3,5,7-9,13H,2,4,6,16H2. The van der Waals surface area contributed by atoms with Gasteiger partial charge in [-0.2, -0.15) is 0 Å². The molecule has 0 amide bonds. The van der Waals surface area contributed by atoms with Crippen molar-refractivity contribution >= 4 is 27.4 Å². The molecule has 0 radical (unpaired) electrons. The third-order valence-electron chi connectivity index (χ3n) is 3.44. The Bertz CT molecular complexity index is 573. The lowest BCUT2D eigenvalue weighted by atomic mass is 10.1. The Labute approximate surface area is 120 Å². The minimum atomic E-state index is 0.348. The van der Waals surface area contributed by atoms with Gasteiger partial charge in [-0.05, 0) is 46.5 Å². The second-order valence-corrected chi connectivity index (χ2v) is 5.57. The van der Waals surface area contributed by atoms with Crippen LogP contribution in [0.1, 0.15) is 24.4 Å². The van der Waals surface area contributed by atoms with Crippen molar-refractivity contribution in [2.75, 3.05) is 17.2 Å². The second kappa shape index (κ2) is 5.17. The summed E-state index contributed by atoms with van der Waals surface area (Å²) in [6, 6.07) is 6.36. The average Bonchev–Trinajstić information content (AvgIpc) is 2.89. The first-order chi connectivity index (χ1) is 9.25. The van der Waals surface area contributed by atoms with Crippen LogP contribution in [0.4, 0.5) is 11.5 Å². The molecule has 0 bridgehead atoms. The summed E-state index contributed by atoms with van der Waals surface area (Å²) in [6.07, 6.45) is 7.75. The maximum absolute atomic E-state index is 5.75. The van der Waals surface area contributed by atoms with E-state index in [1.165, 1.54) is 5.56 Å². The third kappa shape index (κ3) is 2.42. The van der Waals surface area contributed by atoms with E-state index in [1.54, 1.807) is 12.4 Å². The van der Waals surface area contributed by atoms with Crippen molar-refractivity contribution in [1.29, 1.82) is 0 Å². The van der Waals surface area contributed by atoms with E-state index in [4.69, 9.17) is 5.73 Å². The zero-order valence-electron chi connectivity index (χ0n) is 10.5. The molecule has 1 unspecified atom stereocenters. The molecule has 4 nitrogen and oxygen atoms in total. The normalized spacial score (nSPS) is 18.8. The summed E-state index contributed by atoms with van der Waals surface area (Å²) in [5.74, 6) is 0.959. The van der Waals surface area contributed by atoms with Gasteiger partial charge in [0.25, 0.3) is 0 Å². The monoisotopic (exact) mass is 318 g/mol. The molecule has 3 rings (SSSR count). The van der Waals surface area contributed by atoms with Crippen LogP contribution in [-0.4, -0.2) is 16.5 Å². The van der Waals surface area contributed by atoms with E-state index in [0.29, 0.717) is 11.7 Å². The van der Waals surface area contributed by atoms with Crippen LogP contribution >= 0.6 is 15.9 Å². The molecule has 0 spiro atoms. The van der Waals surface area contributed by atoms with E-state index in [1.807, 2.05) is 18.3 Å². The highest BCUT2D eigenvalue weighted by Crippen LogP contribution is 2.38. The lowest BCUT2D eigenvalue weighted by Gasteiger charge is -2.26. The molecule has 1 aliphatic heterocycles. The molecule has 2 N–H and O–H groups in total. The van der Waals surface area contributed by atoms with E-state index in [-0.39, 0.29) is 0 Å². The van der Waals surface area contributed by atoms with Crippen LogP contribution in [0, 0.1) is 0 Å². The van der Waals surface area contributed by atoms with E-state index in [2.05, 4.69) is 36.9 Å². The topological polar surface area (TPSA) is 55.0 Å². The van der Waals surface area contributed by atoms with Gasteiger partial charge < -0.3 is 10.6 Å². The molecule has 2 aromatic rings. The predicted octanol–water partition coefficient (Wildman–Crippen LogP) is 3.16. The highest BCUT2D eigenvalue weighted by Gasteiger charge is 2.28. The number of pyridine rings is 2. The summed E-state index contributed by atoms with van der Waals surface area (Å²) in [5.41, 5.74) is 7.67. The van der Waals surface area contributed by atoms with Gasteiger partial charge in [0.2, 0.25) is 0 Å². The first-order valence-electron chi connectivity index (χ1n) is 6.33. The maximum atomic E-state index is 5.75. The molecular weight excluding hydrogens is 304 g/mol. The van der Waals surface area contributed by atoms with Gasteiger partial charge in [-0.15, -0.1) is 0 Å². The van der Waals surface area contributed by atoms with Crippen LogP contribution in [0.25, 0.3) is 0 Å².